The SMILES string of the molecule is CNc1ccc(Cl)c(C(=O)Nc2ccccc2COC)n1. The third kappa shape index (κ3) is 3.71. The number of hydrogen-bond acceptors (Lipinski definition) is 4. The molecule has 1 aromatic carbocycles. The number of nitrogens with zero attached hydrogens (tertiary/aromatic N) is 1. The minimum Gasteiger partial charge on any atom is -0.380 e. The first-order valence-electron chi connectivity index (χ1n) is 6.38. The van der Waals surface area contributed by atoms with Crippen molar-refractivity contribution in [2.24, 2.45) is 0 Å². The van der Waals surface area contributed by atoms with Crippen LogP contribution in [0.5, 0.6) is 0 Å². The molecule has 0 unspecified atom stereocenters. The Morgan fingerprint density at radius 1 is 1.29 bits per heavy atom. The van der Waals surface area contributed by atoms with Gasteiger partial charge in [0.05, 0.1) is 11.6 Å². The summed E-state index contributed by atoms with van der Waals surface area (Å²) in [7, 11) is 3.33. The fourth-order valence-corrected chi connectivity index (χ4v) is 2.04. The minimum absolute atomic E-state index is 0.177. The molecule has 0 bridgehead atoms. The number of aromatic nitrogens is 1. The smallest absolute Gasteiger partial charge is 0.275 e. The van der Waals surface area contributed by atoms with Gasteiger partial charge in [-0.15, -0.1) is 0 Å². The van der Waals surface area contributed by atoms with Crippen molar-refractivity contribution in [2.75, 3.05) is 24.8 Å². The molecule has 1 heterocycles. The van der Waals surface area contributed by atoms with Crippen molar-refractivity contribution in [3.8, 4) is 0 Å². The fourth-order valence-electron chi connectivity index (χ4n) is 1.85. The van der Waals surface area contributed by atoms with E-state index in [1.807, 2.05) is 24.3 Å². The van der Waals surface area contributed by atoms with Crippen LogP contribution in [0.25, 0.3) is 0 Å². The Morgan fingerprint density at radius 2 is 2.05 bits per heavy atom. The summed E-state index contributed by atoms with van der Waals surface area (Å²) in [6, 6.07) is 10.8. The third-order valence-electron chi connectivity index (χ3n) is 2.88. The highest BCUT2D eigenvalue weighted by molar-refractivity contribution is 6.34. The highest BCUT2D eigenvalue weighted by Crippen LogP contribution is 2.20. The van der Waals surface area contributed by atoms with Gasteiger partial charge >= 0.3 is 0 Å². The van der Waals surface area contributed by atoms with E-state index in [1.165, 1.54) is 0 Å². The zero-order valence-electron chi connectivity index (χ0n) is 11.8. The molecule has 0 fully saturated rings. The van der Waals surface area contributed by atoms with Gasteiger partial charge in [-0.1, -0.05) is 29.8 Å². The number of methoxy groups -OCH3 is 1. The zero-order chi connectivity index (χ0) is 15.2. The molecule has 2 N–H and O–H groups in total. The summed E-state index contributed by atoms with van der Waals surface area (Å²) in [5.74, 6) is 0.218. The van der Waals surface area contributed by atoms with E-state index < -0.39 is 0 Å². The number of carbonyl (C=O) groups excluding carboxylic acids is 1. The van der Waals surface area contributed by atoms with Crippen molar-refractivity contribution < 1.29 is 9.53 Å². The maximum Gasteiger partial charge on any atom is 0.275 e. The molecule has 0 saturated carbocycles. The van der Waals surface area contributed by atoms with Gasteiger partial charge in [-0.3, -0.25) is 4.79 Å². The van der Waals surface area contributed by atoms with Crippen LogP contribution in [-0.4, -0.2) is 25.0 Å². The Kier molecular flexibility index (Phi) is 5.14. The molecule has 0 aliphatic rings. The Balaban J connectivity index is 2.26. The van der Waals surface area contributed by atoms with Gasteiger partial charge in [0, 0.05) is 25.4 Å². The molecule has 0 atom stereocenters. The second kappa shape index (κ2) is 7.06. The van der Waals surface area contributed by atoms with Crippen molar-refractivity contribution in [3.63, 3.8) is 0 Å². The van der Waals surface area contributed by atoms with Crippen molar-refractivity contribution in [2.45, 2.75) is 6.61 Å². The summed E-state index contributed by atoms with van der Waals surface area (Å²) in [5.41, 5.74) is 1.74. The highest BCUT2D eigenvalue weighted by atomic mass is 35.5. The summed E-state index contributed by atoms with van der Waals surface area (Å²) in [6.45, 7) is 0.411. The Labute approximate surface area is 128 Å². The lowest BCUT2D eigenvalue weighted by atomic mass is 10.2. The van der Waals surface area contributed by atoms with Crippen LogP contribution < -0.4 is 10.6 Å². The normalized spacial score (nSPS) is 10.2. The highest BCUT2D eigenvalue weighted by Gasteiger charge is 2.14. The second-order valence-electron chi connectivity index (χ2n) is 4.32. The maximum atomic E-state index is 12.3. The number of benzene rings is 1. The standard InChI is InChI=1S/C15H16ClN3O2/c1-17-13-8-7-11(16)14(19-13)15(20)18-12-6-4-3-5-10(12)9-21-2/h3-8H,9H2,1-2H3,(H,17,19)(H,18,20). The first-order chi connectivity index (χ1) is 10.2. The molecule has 0 spiro atoms. The van der Waals surface area contributed by atoms with Crippen molar-refractivity contribution in [1.82, 2.24) is 4.98 Å². The number of para-hydroxylation sites is 1. The molecule has 0 aliphatic carbocycles. The van der Waals surface area contributed by atoms with E-state index in [1.54, 1.807) is 26.3 Å². The van der Waals surface area contributed by atoms with Crippen LogP contribution in [0.1, 0.15) is 16.1 Å². The summed E-state index contributed by atoms with van der Waals surface area (Å²) in [6.07, 6.45) is 0. The summed E-state index contributed by atoms with van der Waals surface area (Å²) < 4.78 is 5.11. The molecule has 0 radical (unpaired) electrons. The molecule has 2 rings (SSSR count). The van der Waals surface area contributed by atoms with Crippen LogP contribution in [0.15, 0.2) is 36.4 Å². The number of hydrogen-bond donors (Lipinski definition) is 2. The summed E-state index contributed by atoms with van der Waals surface area (Å²) >= 11 is 6.04. The second-order valence-corrected chi connectivity index (χ2v) is 4.73. The van der Waals surface area contributed by atoms with Crippen molar-refractivity contribution in [3.05, 3.63) is 52.7 Å². The molecule has 1 amide bonds. The maximum absolute atomic E-state index is 12.3. The van der Waals surface area contributed by atoms with Gasteiger partial charge in [0.25, 0.3) is 5.91 Å². The molecule has 0 saturated heterocycles. The van der Waals surface area contributed by atoms with Crippen LogP contribution >= 0.6 is 11.6 Å². The van der Waals surface area contributed by atoms with E-state index in [0.717, 1.165) is 5.56 Å². The van der Waals surface area contributed by atoms with E-state index in [-0.39, 0.29) is 11.6 Å². The Bertz CT molecular complexity index is 647. The van der Waals surface area contributed by atoms with Crippen molar-refractivity contribution in [1.29, 1.82) is 0 Å². The topological polar surface area (TPSA) is 63.2 Å². The predicted octanol–water partition coefficient (Wildman–Crippen LogP) is 3.18. The lowest BCUT2D eigenvalue weighted by molar-refractivity contribution is 0.102. The number of halogens is 1. The molecule has 0 aliphatic heterocycles. The van der Waals surface area contributed by atoms with E-state index in [4.69, 9.17) is 16.3 Å². The van der Waals surface area contributed by atoms with Gasteiger partial charge in [0.15, 0.2) is 0 Å². The first-order valence-corrected chi connectivity index (χ1v) is 6.76. The molecule has 2 aromatic rings. The number of nitrogens with one attached hydrogen (secondary N) is 2. The van der Waals surface area contributed by atoms with Gasteiger partial charge in [0.2, 0.25) is 0 Å². The largest absolute Gasteiger partial charge is 0.380 e. The van der Waals surface area contributed by atoms with Gasteiger partial charge in [-0.2, -0.15) is 0 Å². The van der Waals surface area contributed by atoms with Crippen LogP contribution in [-0.2, 0) is 11.3 Å². The number of amides is 1. The number of anilines is 2. The van der Waals surface area contributed by atoms with Gasteiger partial charge in [-0.25, -0.2) is 4.98 Å². The molecular formula is C15H16ClN3O2. The zero-order valence-corrected chi connectivity index (χ0v) is 12.6. The van der Waals surface area contributed by atoms with Gasteiger partial charge < -0.3 is 15.4 Å². The van der Waals surface area contributed by atoms with Gasteiger partial charge in [-0.05, 0) is 18.2 Å². The molecule has 21 heavy (non-hydrogen) atoms. The summed E-state index contributed by atoms with van der Waals surface area (Å²) in [5, 5.41) is 5.99. The van der Waals surface area contributed by atoms with E-state index >= 15 is 0 Å². The fraction of sp³-hybridized carbons (Fsp3) is 0.200. The van der Waals surface area contributed by atoms with E-state index in [9.17, 15) is 4.79 Å². The van der Waals surface area contributed by atoms with E-state index in [0.29, 0.717) is 23.1 Å². The molecular weight excluding hydrogens is 290 g/mol. The van der Waals surface area contributed by atoms with Crippen molar-refractivity contribution >= 4 is 29.0 Å². The van der Waals surface area contributed by atoms with Gasteiger partial charge in [0.1, 0.15) is 11.5 Å². The predicted molar refractivity (Wildman–Crippen MR) is 83.9 cm³/mol. The lowest BCUT2D eigenvalue weighted by Gasteiger charge is -2.11. The monoisotopic (exact) mass is 305 g/mol. The number of pyridine rings is 1. The average Bonchev–Trinajstić information content (AvgIpc) is 2.50. The van der Waals surface area contributed by atoms with Crippen LogP contribution in [0.4, 0.5) is 11.5 Å². The van der Waals surface area contributed by atoms with E-state index in [2.05, 4.69) is 15.6 Å². The molecule has 110 valence electrons. The lowest BCUT2D eigenvalue weighted by Crippen LogP contribution is -2.16. The number of ether oxygens (including phenoxy) is 1. The molecule has 1 aromatic heterocycles. The minimum atomic E-state index is -0.361. The first kappa shape index (κ1) is 15.3. The van der Waals surface area contributed by atoms with Crippen LogP contribution in [0.3, 0.4) is 0 Å². The summed E-state index contributed by atoms with van der Waals surface area (Å²) in [4.78, 5) is 16.5. The molecule has 5 nitrogen and oxygen atoms in total. The average molecular weight is 306 g/mol. The van der Waals surface area contributed by atoms with Crippen LogP contribution in [0, 0.1) is 0 Å². The Morgan fingerprint density at radius 3 is 2.76 bits per heavy atom. The Hall–Kier alpha value is -2.11. The molecule has 6 heteroatoms. The third-order valence-corrected chi connectivity index (χ3v) is 3.19. The number of carbonyl (C=O) groups is 1. The van der Waals surface area contributed by atoms with Crippen LogP contribution in [0.2, 0.25) is 5.02 Å². The number of rotatable bonds is 5. The quantitative estimate of drug-likeness (QED) is 0.890.